The third-order valence-corrected chi connectivity index (χ3v) is 8.10. The van der Waals surface area contributed by atoms with Crippen LogP contribution in [-0.2, 0) is 20.2 Å². The number of ether oxygens (including phenoxy) is 1. The number of hydrogen-bond acceptors (Lipinski definition) is 3. The molecule has 0 saturated carbocycles. The fourth-order valence-corrected chi connectivity index (χ4v) is 5.96. The largest absolute Gasteiger partial charge is 0.480 e. The lowest BCUT2D eigenvalue weighted by atomic mass is 9.93. The van der Waals surface area contributed by atoms with Crippen LogP contribution < -0.4 is 0 Å². The van der Waals surface area contributed by atoms with Crippen LogP contribution >= 0.6 is 22.6 Å². The first-order chi connectivity index (χ1) is 14.0. The molecule has 4 rings (SSSR count). The van der Waals surface area contributed by atoms with Crippen LogP contribution in [0.1, 0.15) is 17.5 Å². The molecule has 0 bridgehead atoms. The topological polar surface area (TPSA) is 43.4 Å². The summed E-state index contributed by atoms with van der Waals surface area (Å²) in [5, 5.41) is 0. The first-order valence-corrected chi connectivity index (χ1v) is 12.1. The van der Waals surface area contributed by atoms with E-state index in [9.17, 15) is 12.8 Å². The first-order valence-electron chi connectivity index (χ1n) is 9.06. The Morgan fingerprint density at radius 1 is 0.897 bits per heavy atom. The number of hydrogen-bond donors (Lipinski definition) is 0. The molecule has 1 aliphatic rings. The molecule has 0 aromatic heterocycles. The summed E-state index contributed by atoms with van der Waals surface area (Å²) >= 11 is 2.23. The Labute approximate surface area is 183 Å². The summed E-state index contributed by atoms with van der Waals surface area (Å²) in [5.41, 5.74) is 0.652. The summed E-state index contributed by atoms with van der Waals surface area (Å²) in [6, 6.07) is 23.7. The van der Waals surface area contributed by atoms with Gasteiger partial charge >= 0.3 is 0 Å². The minimum absolute atomic E-state index is 0.212. The van der Waals surface area contributed by atoms with Gasteiger partial charge in [0.25, 0.3) is 0 Å². The molecule has 148 valence electrons. The Hall–Kier alpha value is -2.19. The Morgan fingerprint density at radius 3 is 2.07 bits per heavy atom. The monoisotopic (exact) mass is 520 g/mol. The molecule has 1 heterocycles. The summed E-state index contributed by atoms with van der Waals surface area (Å²) < 4.78 is 47.5. The SMILES string of the molecule is O=S(=O)(C1=C(c2ccc(F)cc2)OC(CI)(c2ccccc2)C1)c1ccccc1. The van der Waals surface area contributed by atoms with E-state index in [1.807, 2.05) is 30.3 Å². The van der Waals surface area contributed by atoms with Crippen molar-refractivity contribution in [3.8, 4) is 0 Å². The lowest BCUT2D eigenvalue weighted by molar-refractivity contribution is 0.0860. The Morgan fingerprint density at radius 2 is 1.48 bits per heavy atom. The van der Waals surface area contributed by atoms with E-state index in [0.29, 0.717) is 9.99 Å². The highest BCUT2D eigenvalue weighted by molar-refractivity contribution is 14.1. The van der Waals surface area contributed by atoms with Crippen LogP contribution in [0.4, 0.5) is 4.39 Å². The van der Waals surface area contributed by atoms with Crippen molar-refractivity contribution in [1.29, 1.82) is 0 Å². The molecule has 1 atom stereocenters. The Bertz CT molecular complexity index is 1140. The number of rotatable bonds is 5. The minimum Gasteiger partial charge on any atom is -0.480 e. The predicted octanol–water partition coefficient (Wildman–Crippen LogP) is 5.72. The van der Waals surface area contributed by atoms with Crippen molar-refractivity contribution in [2.75, 3.05) is 4.43 Å². The van der Waals surface area contributed by atoms with Gasteiger partial charge in [0.15, 0.2) is 0 Å². The maximum Gasteiger partial charge on any atom is 0.206 e. The molecule has 0 fully saturated rings. The van der Waals surface area contributed by atoms with Gasteiger partial charge in [-0.15, -0.1) is 0 Å². The summed E-state index contributed by atoms with van der Waals surface area (Å²) in [6.07, 6.45) is 0.212. The van der Waals surface area contributed by atoms with Crippen molar-refractivity contribution in [2.45, 2.75) is 16.9 Å². The molecule has 29 heavy (non-hydrogen) atoms. The van der Waals surface area contributed by atoms with Gasteiger partial charge in [-0.05, 0) is 42.0 Å². The highest BCUT2D eigenvalue weighted by atomic mass is 127. The molecule has 0 aliphatic carbocycles. The molecule has 3 aromatic rings. The number of halogens is 2. The van der Waals surface area contributed by atoms with Crippen molar-refractivity contribution < 1.29 is 17.5 Å². The van der Waals surface area contributed by atoms with E-state index in [-0.39, 0.29) is 27.8 Å². The van der Waals surface area contributed by atoms with E-state index in [0.717, 1.165) is 5.56 Å². The first kappa shape index (κ1) is 20.1. The molecule has 0 spiro atoms. The third-order valence-electron chi connectivity index (χ3n) is 5.00. The van der Waals surface area contributed by atoms with Crippen molar-refractivity contribution in [2.24, 2.45) is 0 Å². The van der Waals surface area contributed by atoms with Crippen LogP contribution in [0.5, 0.6) is 0 Å². The van der Waals surface area contributed by atoms with E-state index in [2.05, 4.69) is 22.6 Å². The Balaban J connectivity index is 1.89. The second kappa shape index (κ2) is 7.91. The highest BCUT2D eigenvalue weighted by Gasteiger charge is 2.46. The second-order valence-electron chi connectivity index (χ2n) is 6.85. The van der Waals surface area contributed by atoms with Crippen molar-refractivity contribution in [3.63, 3.8) is 0 Å². The van der Waals surface area contributed by atoms with Gasteiger partial charge in [-0.25, -0.2) is 12.8 Å². The number of alkyl halides is 1. The van der Waals surface area contributed by atoms with Gasteiger partial charge < -0.3 is 4.74 Å². The zero-order chi connectivity index (χ0) is 20.5. The number of sulfone groups is 1. The van der Waals surface area contributed by atoms with Crippen LogP contribution in [0.15, 0.2) is 94.7 Å². The van der Waals surface area contributed by atoms with E-state index < -0.39 is 15.4 Å². The molecule has 6 heteroatoms. The molecule has 1 aliphatic heterocycles. The van der Waals surface area contributed by atoms with Gasteiger partial charge in [-0.2, -0.15) is 0 Å². The summed E-state index contributed by atoms with van der Waals surface area (Å²) in [6.45, 7) is 0. The normalized spacial score (nSPS) is 19.2. The molecule has 0 N–H and O–H groups in total. The molecule has 3 nitrogen and oxygen atoms in total. The molecule has 0 radical (unpaired) electrons. The Kier molecular flexibility index (Phi) is 5.48. The van der Waals surface area contributed by atoms with Crippen LogP contribution in [0.25, 0.3) is 5.76 Å². The zero-order valence-electron chi connectivity index (χ0n) is 15.4. The van der Waals surface area contributed by atoms with Crippen LogP contribution in [0.2, 0.25) is 0 Å². The smallest absolute Gasteiger partial charge is 0.206 e. The van der Waals surface area contributed by atoms with E-state index in [1.165, 1.54) is 12.1 Å². The van der Waals surface area contributed by atoms with E-state index in [4.69, 9.17) is 4.74 Å². The average molecular weight is 520 g/mol. The molecule has 0 saturated heterocycles. The lowest BCUT2D eigenvalue weighted by Crippen LogP contribution is -2.28. The quantitative estimate of drug-likeness (QED) is 0.320. The zero-order valence-corrected chi connectivity index (χ0v) is 18.4. The summed E-state index contributed by atoms with van der Waals surface area (Å²) in [4.78, 5) is 0.436. The highest BCUT2D eigenvalue weighted by Crippen LogP contribution is 2.49. The molecule has 0 amide bonds. The van der Waals surface area contributed by atoms with Crippen molar-refractivity contribution >= 4 is 38.2 Å². The lowest BCUT2D eigenvalue weighted by Gasteiger charge is -2.28. The van der Waals surface area contributed by atoms with Crippen LogP contribution in [-0.4, -0.2) is 12.8 Å². The standard InChI is InChI=1S/C23H18FIO3S/c24-19-13-11-17(12-14-19)22-21(29(26,27)20-9-5-2-6-10-20)15-23(16-25,28-22)18-7-3-1-4-8-18/h1-14H,15-16H2. The molecular weight excluding hydrogens is 502 g/mol. The number of benzene rings is 3. The minimum atomic E-state index is -3.78. The molecular formula is C23H18FIO3S. The third kappa shape index (κ3) is 3.71. The van der Waals surface area contributed by atoms with Gasteiger partial charge in [0.2, 0.25) is 9.84 Å². The predicted molar refractivity (Wildman–Crippen MR) is 120 cm³/mol. The van der Waals surface area contributed by atoms with Gasteiger partial charge in [-0.3, -0.25) is 0 Å². The molecule has 3 aromatic carbocycles. The summed E-state index contributed by atoms with van der Waals surface area (Å²) in [5.74, 6) is -0.0996. The van der Waals surface area contributed by atoms with E-state index in [1.54, 1.807) is 42.5 Å². The average Bonchev–Trinajstić information content (AvgIpc) is 3.18. The van der Waals surface area contributed by atoms with Crippen LogP contribution in [0, 0.1) is 5.82 Å². The van der Waals surface area contributed by atoms with E-state index >= 15 is 0 Å². The second-order valence-corrected chi connectivity index (χ2v) is 9.58. The fraction of sp³-hybridized carbons (Fsp3) is 0.130. The maximum absolute atomic E-state index is 13.5. The molecule has 1 unspecified atom stereocenters. The van der Waals surface area contributed by atoms with Gasteiger partial charge in [0.05, 0.1) is 9.80 Å². The fourth-order valence-electron chi connectivity index (χ4n) is 3.46. The van der Waals surface area contributed by atoms with Gasteiger partial charge in [0, 0.05) is 16.4 Å². The van der Waals surface area contributed by atoms with Gasteiger partial charge in [0.1, 0.15) is 17.2 Å². The van der Waals surface area contributed by atoms with Gasteiger partial charge in [-0.1, -0.05) is 71.1 Å². The van der Waals surface area contributed by atoms with Crippen molar-refractivity contribution in [3.05, 3.63) is 107 Å². The maximum atomic E-state index is 13.5. The van der Waals surface area contributed by atoms with Crippen molar-refractivity contribution in [1.82, 2.24) is 0 Å². The summed E-state index contributed by atoms with van der Waals surface area (Å²) in [7, 11) is -3.78. The van der Waals surface area contributed by atoms with Crippen LogP contribution in [0.3, 0.4) is 0 Å².